The molecule has 0 amide bonds. The van der Waals surface area contributed by atoms with Gasteiger partial charge in [0.25, 0.3) is 0 Å². The molecule has 96 valence electrons. The molecule has 0 bridgehead atoms. The number of benzene rings is 1. The van der Waals surface area contributed by atoms with Crippen LogP contribution in [0.25, 0.3) is 11.0 Å². The van der Waals surface area contributed by atoms with Crippen LogP contribution >= 0.6 is 0 Å². The zero-order chi connectivity index (χ0) is 13.6. The maximum absolute atomic E-state index is 12.2. The van der Waals surface area contributed by atoms with Crippen molar-refractivity contribution < 1.29 is 9.21 Å². The molecule has 0 saturated carbocycles. The Morgan fingerprint density at radius 2 is 2.21 bits per heavy atom. The molecule has 1 aromatic carbocycles. The molecule has 3 aromatic rings. The average Bonchev–Trinajstić information content (AvgIpc) is 2.97. The molecule has 0 aliphatic rings. The number of nitrogens with zero attached hydrogens (tertiary/aromatic N) is 1. The maximum Gasteiger partial charge on any atom is 0.333 e. The van der Waals surface area contributed by atoms with Crippen LogP contribution in [0.15, 0.2) is 39.7 Å². The van der Waals surface area contributed by atoms with Crippen molar-refractivity contribution in [3.8, 4) is 0 Å². The van der Waals surface area contributed by atoms with E-state index in [1.807, 2.05) is 6.92 Å². The second kappa shape index (κ2) is 3.88. The lowest BCUT2D eigenvalue weighted by molar-refractivity contribution is 0.0933. The van der Waals surface area contributed by atoms with Crippen LogP contribution in [0, 0.1) is 6.92 Å². The van der Waals surface area contributed by atoms with Crippen molar-refractivity contribution >= 4 is 22.6 Å². The number of carbonyl (C=O) groups is 1. The monoisotopic (exact) mass is 257 g/mol. The van der Waals surface area contributed by atoms with E-state index in [2.05, 4.69) is 4.98 Å². The van der Waals surface area contributed by atoms with Gasteiger partial charge in [0.2, 0.25) is 0 Å². The summed E-state index contributed by atoms with van der Waals surface area (Å²) in [7, 11) is 0. The van der Waals surface area contributed by atoms with Crippen molar-refractivity contribution in [2.75, 3.05) is 5.73 Å². The molecule has 0 fully saturated rings. The predicted octanol–water partition coefficient (Wildman–Crippen LogP) is 1.50. The maximum atomic E-state index is 12.2. The van der Waals surface area contributed by atoms with E-state index in [9.17, 15) is 9.59 Å². The van der Waals surface area contributed by atoms with Gasteiger partial charge in [0.1, 0.15) is 0 Å². The van der Waals surface area contributed by atoms with E-state index in [0.29, 0.717) is 16.7 Å². The van der Waals surface area contributed by atoms with E-state index in [0.717, 1.165) is 10.1 Å². The summed E-state index contributed by atoms with van der Waals surface area (Å²) in [6.45, 7) is 1.83. The highest BCUT2D eigenvalue weighted by Crippen LogP contribution is 2.19. The number of carbonyl (C=O) groups excluding carboxylic acids is 1. The van der Waals surface area contributed by atoms with Gasteiger partial charge in [-0.15, -0.1) is 0 Å². The molecule has 2 aromatic heterocycles. The summed E-state index contributed by atoms with van der Waals surface area (Å²) in [5.41, 5.74) is 7.67. The van der Waals surface area contributed by atoms with Crippen LogP contribution < -0.4 is 11.4 Å². The first kappa shape index (κ1) is 11.3. The van der Waals surface area contributed by atoms with Crippen LogP contribution in [0.4, 0.5) is 5.69 Å². The molecule has 0 unspecified atom stereocenters. The van der Waals surface area contributed by atoms with Gasteiger partial charge in [0.15, 0.2) is 5.76 Å². The standard InChI is InChI=1S/C13H11N3O3/c1-7-5-9-10(6-8(7)14)16(13(18)15-9)12(17)11-3-2-4-19-11/h2-6H,14H2,1H3,(H,15,18). The Bertz CT molecular complexity index is 825. The van der Waals surface area contributed by atoms with Crippen molar-refractivity contribution in [1.82, 2.24) is 9.55 Å². The van der Waals surface area contributed by atoms with Gasteiger partial charge in [-0.25, -0.2) is 9.36 Å². The molecule has 0 aliphatic heterocycles. The molecule has 0 radical (unpaired) electrons. The molecular formula is C13H11N3O3. The number of imidazole rings is 1. The summed E-state index contributed by atoms with van der Waals surface area (Å²) in [6.07, 6.45) is 1.38. The first-order valence-electron chi connectivity index (χ1n) is 5.67. The Morgan fingerprint density at radius 3 is 2.89 bits per heavy atom. The molecular weight excluding hydrogens is 246 g/mol. The molecule has 2 heterocycles. The van der Waals surface area contributed by atoms with E-state index in [-0.39, 0.29) is 5.76 Å². The summed E-state index contributed by atoms with van der Waals surface area (Å²) in [5.74, 6) is -0.424. The van der Waals surface area contributed by atoms with E-state index in [1.165, 1.54) is 12.3 Å². The van der Waals surface area contributed by atoms with Gasteiger partial charge in [0.05, 0.1) is 17.3 Å². The second-order valence-electron chi connectivity index (χ2n) is 4.27. The Labute approximate surface area is 107 Å². The minimum absolute atomic E-state index is 0.0992. The summed E-state index contributed by atoms with van der Waals surface area (Å²) >= 11 is 0. The lowest BCUT2D eigenvalue weighted by Crippen LogP contribution is -2.24. The number of nitrogens with two attached hydrogens (primary N) is 1. The van der Waals surface area contributed by atoms with Gasteiger partial charge in [0, 0.05) is 5.69 Å². The third-order valence-electron chi connectivity index (χ3n) is 3.01. The summed E-state index contributed by atoms with van der Waals surface area (Å²) in [5, 5.41) is 0. The minimum atomic E-state index is -0.524. The number of nitrogens with one attached hydrogen (secondary N) is 1. The molecule has 3 N–H and O–H groups in total. The molecule has 0 spiro atoms. The Kier molecular flexibility index (Phi) is 2.31. The SMILES string of the molecule is Cc1cc2[nH]c(=O)n(C(=O)c3ccco3)c2cc1N. The summed E-state index contributed by atoms with van der Waals surface area (Å²) in [6, 6.07) is 6.43. The molecule has 19 heavy (non-hydrogen) atoms. The lowest BCUT2D eigenvalue weighted by atomic mass is 10.2. The Balaban J connectivity index is 2.29. The van der Waals surface area contributed by atoms with Crippen LogP contribution in [0.1, 0.15) is 16.1 Å². The fourth-order valence-electron chi connectivity index (χ4n) is 1.99. The second-order valence-corrected chi connectivity index (χ2v) is 4.27. The van der Waals surface area contributed by atoms with E-state index < -0.39 is 11.6 Å². The van der Waals surface area contributed by atoms with Crippen LogP contribution in [0.2, 0.25) is 0 Å². The van der Waals surface area contributed by atoms with Gasteiger partial charge >= 0.3 is 11.6 Å². The highest BCUT2D eigenvalue weighted by molar-refractivity contribution is 5.99. The first-order valence-corrected chi connectivity index (χ1v) is 5.67. The van der Waals surface area contributed by atoms with Crippen molar-refractivity contribution in [2.24, 2.45) is 0 Å². The number of hydrogen-bond donors (Lipinski definition) is 2. The highest BCUT2D eigenvalue weighted by atomic mass is 16.3. The molecule has 3 rings (SSSR count). The molecule has 0 atom stereocenters. The summed E-state index contributed by atoms with van der Waals surface area (Å²) < 4.78 is 6.04. The van der Waals surface area contributed by atoms with Crippen LogP contribution in [0.3, 0.4) is 0 Å². The molecule has 6 heteroatoms. The van der Waals surface area contributed by atoms with Gasteiger partial charge in [-0.3, -0.25) is 4.79 Å². The zero-order valence-electron chi connectivity index (χ0n) is 10.1. The number of furan rings is 1. The zero-order valence-corrected chi connectivity index (χ0v) is 10.1. The third-order valence-corrected chi connectivity index (χ3v) is 3.01. The van der Waals surface area contributed by atoms with Crippen LogP contribution in [-0.2, 0) is 0 Å². The van der Waals surface area contributed by atoms with Gasteiger partial charge in [-0.05, 0) is 36.8 Å². The van der Waals surface area contributed by atoms with Crippen LogP contribution in [0.5, 0.6) is 0 Å². The number of H-pyrrole nitrogens is 1. The van der Waals surface area contributed by atoms with Crippen molar-refractivity contribution in [1.29, 1.82) is 0 Å². The predicted molar refractivity (Wildman–Crippen MR) is 70.1 cm³/mol. The number of rotatable bonds is 1. The Hall–Kier alpha value is -2.76. The minimum Gasteiger partial charge on any atom is -0.459 e. The number of hydrogen-bond acceptors (Lipinski definition) is 4. The molecule has 0 saturated heterocycles. The Morgan fingerprint density at radius 1 is 1.42 bits per heavy atom. The number of nitrogen functional groups attached to an aromatic ring is 1. The average molecular weight is 257 g/mol. The summed E-state index contributed by atoms with van der Waals surface area (Å²) in [4.78, 5) is 26.7. The van der Waals surface area contributed by atoms with Crippen molar-refractivity contribution in [3.05, 3.63) is 52.3 Å². The van der Waals surface area contributed by atoms with Crippen molar-refractivity contribution in [2.45, 2.75) is 6.92 Å². The smallest absolute Gasteiger partial charge is 0.333 e. The first-order chi connectivity index (χ1) is 9.08. The molecule has 6 nitrogen and oxygen atoms in total. The van der Waals surface area contributed by atoms with Crippen LogP contribution in [-0.4, -0.2) is 15.5 Å². The number of aromatic nitrogens is 2. The van der Waals surface area contributed by atoms with Gasteiger partial charge < -0.3 is 15.1 Å². The number of aromatic amines is 1. The topological polar surface area (TPSA) is 94.0 Å². The number of fused-ring (bicyclic) bond motifs is 1. The molecule has 0 aliphatic carbocycles. The van der Waals surface area contributed by atoms with E-state index in [4.69, 9.17) is 10.2 Å². The third kappa shape index (κ3) is 1.65. The largest absolute Gasteiger partial charge is 0.459 e. The van der Waals surface area contributed by atoms with Gasteiger partial charge in [-0.1, -0.05) is 0 Å². The lowest BCUT2D eigenvalue weighted by Gasteiger charge is -2.02. The van der Waals surface area contributed by atoms with E-state index in [1.54, 1.807) is 18.2 Å². The fraction of sp³-hybridized carbons (Fsp3) is 0.0769. The fourth-order valence-corrected chi connectivity index (χ4v) is 1.99. The quantitative estimate of drug-likeness (QED) is 0.646. The number of aryl methyl sites for hydroxylation is 1. The highest BCUT2D eigenvalue weighted by Gasteiger charge is 2.18. The van der Waals surface area contributed by atoms with Crippen molar-refractivity contribution in [3.63, 3.8) is 0 Å². The van der Waals surface area contributed by atoms with E-state index >= 15 is 0 Å². The normalized spacial score (nSPS) is 11.0. The van der Waals surface area contributed by atoms with Gasteiger partial charge in [-0.2, -0.15) is 0 Å². The number of anilines is 1.